The predicted octanol–water partition coefficient (Wildman–Crippen LogP) is 0.900. The summed E-state index contributed by atoms with van der Waals surface area (Å²) in [6.45, 7) is 4.85. The number of anilines is 2. The second-order valence-electron chi connectivity index (χ2n) is 7.02. The van der Waals surface area contributed by atoms with Crippen molar-refractivity contribution in [3.05, 3.63) is 12.4 Å². The topological polar surface area (TPSA) is 96.6 Å². The van der Waals surface area contributed by atoms with Gasteiger partial charge < -0.3 is 25.6 Å². The Labute approximate surface area is 177 Å². The van der Waals surface area contributed by atoms with E-state index in [0.717, 1.165) is 69.6 Å². The number of piperidine rings is 1. The Morgan fingerprint density at radius 3 is 2.75 bits per heavy atom. The number of hydrogen-bond acceptors (Lipinski definition) is 8. The molecule has 1 aromatic rings. The van der Waals surface area contributed by atoms with E-state index in [1.54, 1.807) is 18.1 Å². The summed E-state index contributed by atoms with van der Waals surface area (Å²) in [5.41, 5.74) is 5.99. The summed E-state index contributed by atoms with van der Waals surface area (Å²) < 4.78 is 5.42. The number of thioether (sulfide) groups is 1. The van der Waals surface area contributed by atoms with E-state index in [9.17, 15) is 4.79 Å². The van der Waals surface area contributed by atoms with Gasteiger partial charge in [-0.2, -0.15) is 11.8 Å². The number of amides is 1. The molecule has 1 amide bonds. The molecule has 10 heteroatoms. The van der Waals surface area contributed by atoms with Gasteiger partial charge in [-0.15, -0.1) is 12.4 Å². The maximum absolute atomic E-state index is 12.3. The van der Waals surface area contributed by atoms with Crippen molar-refractivity contribution in [1.82, 2.24) is 15.3 Å². The van der Waals surface area contributed by atoms with Gasteiger partial charge in [0.2, 0.25) is 5.91 Å². The molecule has 0 bridgehead atoms. The van der Waals surface area contributed by atoms with Crippen LogP contribution < -0.4 is 20.9 Å². The van der Waals surface area contributed by atoms with Crippen LogP contribution in [0.25, 0.3) is 0 Å². The Hall–Kier alpha value is -1.29. The number of rotatable bonds is 7. The van der Waals surface area contributed by atoms with Crippen molar-refractivity contribution in [2.75, 3.05) is 61.2 Å². The molecule has 8 nitrogen and oxygen atoms in total. The molecule has 2 aliphatic heterocycles. The van der Waals surface area contributed by atoms with E-state index in [2.05, 4.69) is 25.1 Å². The van der Waals surface area contributed by atoms with Crippen LogP contribution in [0.4, 0.5) is 11.6 Å². The van der Waals surface area contributed by atoms with Crippen molar-refractivity contribution in [2.24, 2.45) is 5.73 Å². The van der Waals surface area contributed by atoms with Crippen LogP contribution in [-0.2, 0) is 9.53 Å². The molecule has 2 fully saturated rings. The normalized spacial score (nSPS) is 21.0. The molecule has 3 heterocycles. The molecule has 2 aliphatic rings. The van der Waals surface area contributed by atoms with Gasteiger partial charge >= 0.3 is 0 Å². The molecule has 0 spiro atoms. The van der Waals surface area contributed by atoms with Gasteiger partial charge in [0.05, 0.1) is 19.3 Å². The van der Waals surface area contributed by atoms with Gasteiger partial charge in [0, 0.05) is 38.3 Å². The predicted molar refractivity (Wildman–Crippen MR) is 117 cm³/mol. The summed E-state index contributed by atoms with van der Waals surface area (Å²) >= 11 is 1.71. The summed E-state index contributed by atoms with van der Waals surface area (Å²) in [5, 5.41) is 3.12. The van der Waals surface area contributed by atoms with Crippen LogP contribution in [0.2, 0.25) is 0 Å². The molecule has 1 aromatic heterocycles. The van der Waals surface area contributed by atoms with E-state index in [1.165, 1.54) is 0 Å². The molecule has 2 unspecified atom stereocenters. The van der Waals surface area contributed by atoms with Crippen LogP contribution in [0.3, 0.4) is 0 Å². The average molecular weight is 431 g/mol. The number of hydrogen-bond donors (Lipinski definition) is 2. The number of aromatic nitrogens is 2. The lowest BCUT2D eigenvalue weighted by Gasteiger charge is -2.35. The molecule has 3 N–H and O–H groups in total. The Kier molecular flexibility index (Phi) is 9.57. The summed E-state index contributed by atoms with van der Waals surface area (Å²) in [7, 11) is 0. The number of nitrogens with one attached hydrogen (secondary N) is 1. The van der Waals surface area contributed by atoms with Crippen molar-refractivity contribution in [3.8, 4) is 0 Å². The number of carbonyl (C=O) groups excluding carboxylic acids is 1. The molecule has 2 atom stereocenters. The lowest BCUT2D eigenvalue weighted by atomic mass is 10.0. The maximum atomic E-state index is 12.3. The van der Waals surface area contributed by atoms with Crippen LogP contribution in [0.1, 0.15) is 19.3 Å². The van der Waals surface area contributed by atoms with Gasteiger partial charge in [-0.25, -0.2) is 9.97 Å². The summed E-state index contributed by atoms with van der Waals surface area (Å²) in [6.07, 6.45) is 6.34. The number of ether oxygens (including phenoxy) is 1. The van der Waals surface area contributed by atoms with E-state index in [0.29, 0.717) is 6.42 Å². The van der Waals surface area contributed by atoms with Crippen molar-refractivity contribution >= 4 is 41.7 Å². The zero-order valence-corrected chi connectivity index (χ0v) is 18.0. The standard InChI is InChI=1S/C18H30N6O2S.ClH/c1-27-10-4-15(19)18(25)22-14-3-2-5-24(12-14)17-11-16(20-13-21-17)23-6-8-26-9-7-23;/h11,13-15H,2-10,12,19H2,1H3,(H,22,25);1H. The molecule has 0 saturated carbocycles. The number of nitrogens with two attached hydrogens (primary N) is 1. The van der Waals surface area contributed by atoms with Gasteiger partial charge in [-0.05, 0) is 31.3 Å². The van der Waals surface area contributed by atoms with Crippen molar-refractivity contribution in [1.29, 1.82) is 0 Å². The van der Waals surface area contributed by atoms with Crippen LogP contribution in [-0.4, -0.2) is 79.4 Å². The fourth-order valence-corrected chi connectivity index (χ4v) is 3.95. The van der Waals surface area contributed by atoms with Gasteiger partial charge in [0.15, 0.2) is 0 Å². The zero-order valence-electron chi connectivity index (χ0n) is 16.4. The second kappa shape index (κ2) is 11.6. The van der Waals surface area contributed by atoms with E-state index >= 15 is 0 Å². The largest absolute Gasteiger partial charge is 0.378 e. The molecule has 0 radical (unpaired) electrons. The minimum atomic E-state index is -0.431. The van der Waals surface area contributed by atoms with Gasteiger partial charge in [0.1, 0.15) is 18.0 Å². The Bertz CT molecular complexity index is 619. The third-order valence-electron chi connectivity index (χ3n) is 5.03. The van der Waals surface area contributed by atoms with Crippen molar-refractivity contribution < 1.29 is 9.53 Å². The highest BCUT2D eigenvalue weighted by atomic mass is 35.5. The van der Waals surface area contributed by atoms with E-state index in [-0.39, 0.29) is 24.4 Å². The van der Waals surface area contributed by atoms with Gasteiger partial charge in [-0.3, -0.25) is 4.79 Å². The third-order valence-corrected chi connectivity index (χ3v) is 5.68. The third kappa shape index (κ3) is 6.37. The maximum Gasteiger partial charge on any atom is 0.237 e. The Morgan fingerprint density at radius 2 is 2.04 bits per heavy atom. The smallest absolute Gasteiger partial charge is 0.237 e. The molecule has 2 saturated heterocycles. The highest BCUT2D eigenvalue weighted by molar-refractivity contribution is 7.98. The minimum Gasteiger partial charge on any atom is -0.378 e. The SMILES string of the molecule is CSCCC(N)C(=O)NC1CCCN(c2cc(N3CCOCC3)ncn2)C1.Cl. The van der Waals surface area contributed by atoms with Crippen LogP contribution >= 0.6 is 24.2 Å². The molecular formula is C18H31ClN6O2S. The zero-order chi connectivity index (χ0) is 19.1. The summed E-state index contributed by atoms with van der Waals surface area (Å²) in [5.74, 6) is 2.70. The molecule has 3 rings (SSSR count). The second-order valence-corrected chi connectivity index (χ2v) is 8.00. The first-order valence-corrected chi connectivity index (χ1v) is 11.0. The molecule has 28 heavy (non-hydrogen) atoms. The summed E-state index contributed by atoms with van der Waals surface area (Å²) in [4.78, 5) is 25.7. The minimum absolute atomic E-state index is 0. The number of halogens is 1. The number of carbonyl (C=O) groups is 1. The number of morpholine rings is 1. The average Bonchev–Trinajstić information content (AvgIpc) is 2.73. The van der Waals surface area contributed by atoms with Crippen LogP contribution in [0, 0.1) is 0 Å². The lowest BCUT2D eigenvalue weighted by molar-refractivity contribution is -0.123. The summed E-state index contributed by atoms with van der Waals surface area (Å²) in [6, 6.07) is 1.72. The lowest BCUT2D eigenvalue weighted by Crippen LogP contribution is -2.52. The van der Waals surface area contributed by atoms with Crippen molar-refractivity contribution in [3.63, 3.8) is 0 Å². The first kappa shape index (κ1) is 23.0. The monoisotopic (exact) mass is 430 g/mol. The molecular weight excluding hydrogens is 400 g/mol. The van der Waals surface area contributed by atoms with Crippen LogP contribution in [0.5, 0.6) is 0 Å². The van der Waals surface area contributed by atoms with E-state index in [4.69, 9.17) is 10.5 Å². The first-order valence-electron chi connectivity index (χ1n) is 9.62. The molecule has 158 valence electrons. The molecule has 0 aromatic carbocycles. The number of nitrogens with zero attached hydrogens (tertiary/aromatic N) is 4. The Balaban J connectivity index is 0.00000280. The quantitative estimate of drug-likeness (QED) is 0.658. The fraction of sp³-hybridized carbons (Fsp3) is 0.722. The Morgan fingerprint density at radius 1 is 1.32 bits per heavy atom. The van der Waals surface area contributed by atoms with Crippen LogP contribution in [0.15, 0.2) is 12.4 Å². The highest BCUT2D eigenvalue weighted by Crippen LogP contribution is 2.22. The first-order chi connectivity index (χ1) is 13.2. The fourth-order valence-electron chi connectivity index (χ4n) is 3.46. The molecule has 0 aliphatic carbocycles. The van der Waals surface area contributed by atoms with Crippen molar-refractivity contribution in [2.45, 2.75) is 31.3 Å². The van der Waals surface area contributed by atoms with Gasteiger partial charge in [0.25, 0.3) is 0 Å². The van der Waals surface area contributed by atoms with E-state index < -0.39 is 6.04 Å². The van der Waals surface area contributed by atoms with E-state index in [1.807, 2.05) is 12.3 Å². The highest BCUT2D eigenvalue weighted by Gasteiger charge is 2.25. The van der Waals surface area contributed by atoms with Gasteiger partial charge in [-0.1, -0.05) is 0 Å².